The number of hydrogen-bond donors (Lipinski definition) is 1. The van der Waals surface area contributed by atoms with E-state index >= 15 is 0 Å². The van der Waals surface area contributed by atoms with Gasteiger partial charge in [0, 0.05) is 5.75 Å². The van der Waals surface area contributed by atoms with Crippen LogP contribution in [0, 0.1) is 0 Å². The van der Waals surface area contributed by atoms with Gasteiger partial charge in [-0.25, -0.2) is 4.79 Å². The van der Waals surface area contributed by atoms with Gasteiger partial charge in [-0.2, -0.15) is 0 Å². The third kappa shape index (κ3) is 4.43. The lowest BCUT2D eigenvalue weighted by Gasteiger charge is -2.09. The van der Waals surface area contributed by atoms with E-state index in [0.717, 1.165) is 16.5 Å². The molecular weight excluding hydrogens is 348 g/mol. The van der Waals surface area contributed by atoms with E-state index in [1.165, 1.54) is 5.56 Å². The predicted molar refractivity (Wildman–Crippen MR) is 102 cm³/mol. The van der Waals surface area contributed by atoms with Crippen molar-refractivity contribution in [1.82, 2.24) is 14.8 Å². The van der Waals surface area contributed by atoms with Crippen LogP contribution in [-0.2, 0) is 17.0 Å². The minimum atomic E-state index is -0.318. The molecule has 0 radical (unpaired) electrons. The second kappa shape index (κ2) is 8.53. The van der Waals surface area contributed by atoms with Crippen LogP contribution in [0.3, 0.4) is 0 Å². The molecule has 1 aromatic heterocycles. The largest absolute Gasteiger partial charge is 0.462 e. The Balaban J connectivity index is 1.70. The molecule has 0 aliphatic carbocycles. The van der Waals surface area contributed by atoms with Gasteiger partial charge < -0.3 is 10.5 Å². The van der Waals surface area contributed by atoms with Crippen molar-refractivity contribution < 1.29 is 9.53 Å². The standard InChI is InChI=1S/C19H20N4O2S/c1-2-25-17(24)16-10-8-14(9-11-16)12-23-18(20)21-22-19(23)26-13-15-6-4-3-5-7-15/h3-11H,2,12-13H2,1H3,(H2,20,21). The molecule has 2 N–H and O–H groups in total. The number of nitrogen functional groups attached to an aromatic ring is 1. The van der Waals surface area contributed by atoms with Gasteiger partial charge in [-0.05, 0) is 30.2 Å². The Labute approximate surface area is 156 Å². The summed E-state index contributed by atoms with van der Waals surface area (Å²) in [7, 11) is 0. The van der Waals surface area contributed by atoms with Gasteiger partial charge in [-0.15, -0.1) is 10.2 Å². The number of esters is 1. The van der Waals surface area contributed by atoms with Crippen LogP contribution in [0.5, 0.6) is 0 Å². The predicted octanol–water partition coefficient (Wildman–Crippen LogP) is 3.38. The van der Waals surface area contributed by atoms with Crippen molar-refractivity contribution in [3.05, 3.63) is 71.3 Å². The molecule has 1 heterocycles. The maximum atomic E-state index is 11.7. The highest BCUT2D eigenvalue weighted by atomic mass is 32.2. The number of hydrogen-bond acceptors (Lipinski definition) is 6. The lowest BCUT2D eigenvalue weighted by molar-refractivity contribution is 0.0526. The number of nitrogens with zero attached hydrogens (tertiary/aromatic N) is 3. The van der Waals surface area contributed by atoms with E-state index in [1.54, 1.807) is 30.8 Å². The number of carbonyl (C=O) groups is 1. The fourth-order valence-electron chi connectivity index (χ4n) is 2.42. The van der Waals surface area contributed by atoms with Crippen molar-refractivity contribution in [3.63, 3.8) is 0 Å². The minimum absolute atomic E-state index is 0.318. The summed E-state index contributed by atoms with van der Waals surface area (Å²) in [6, 6.07) is 17.5. The van der Waals surface area contributed by atoms with E-state index < -0.39 is 0 Å². The normalized spacial score (nSPS) is 10.7. The molecule has 0 spiro atoms. The molecule has 0 bridgehead atoms. The van der Waals surface area contributed by atoms with Crippen LogP contribution in [0.1, 0.15) is 28.4 Å². The lowest BCUT2D eigenvalue weighted by Crippen LogP contribution is -2.07. The van der Waals surface area contributed by atoms with Gasteiger partial charge in [-0.3, -0.25) is 4.57 Å². The van der Waals surface area contributed by atoms with Crippen molar-refractivity contribution in [1.29, 1.82) is 0 Å². The molecule has 0 saturated heterocycles. The smallest absolute Gasteiger partial charge is 0.338 e. The van der Waals surface area contributed by atoms with Crippen molar-refractivity contribution in [2.75, 3.05) is 12.3 Å². The average molecular weight is 368 g/mol. The van der Waals surface area contributed by atoms with E-state index in [1.807, 2.05) is 34.9 Å². The van der Waals surface area contributed by atoms with Gasteiger partial charge >= 0.3 is 5.97 Å². The highest BCUT2D eigenvalue weighted by Crippen LogP contribution is 2.23. The van der Waals surface area contributed by atoms with Crippen LogP contribution < -0.4 is 5.73 Å². The molecule has 7 heteroatoms. The molecular formula is C19H20N4O2S. The summed E-state index contributed by atoms with van der Waals surface area (Å²) in [6.07, 6.45) is 0. The van der Waals surface area contributed by atoms with Crippen LogP contribution in [0.4, 0.5) is 5.95 Å². The average Bonchev–Trinajstić information content (AvgIpc) is 3.01. The van der Waals surface area contributed by atoms with Gasteiger partial charge in [0.15, 0.2) is 5.16 Å². The highest BCUT2D eigenvalue weighted by molar-refractivity contribution is 7.98. The Morgan fingerprint density at radius 3 is 2.50 bits per heavy atom. The fraction of sp³-hybridized carbons (Fsp3) is 0.211. The zero-order chi connectivity index (χ0) is 18.4. The van der Waals surface area contributed by atoms with E-state index in [0.29, 0.717) is 24.7 Å². The van der Waals surface area contributed by atoms with Gasteiger partial charge in [0.25, 0.3) is 0 Å². The molecule has 3 aromatic rings. The molecule has 0 amide bonds. The monoisotopic (exact) mass is 368 g/mol. The van der Waals surface area contributed by atoms with Gasteiger partial charge in [0.2, 0.25) is 5.95 Å². The SMILES string of the molecule is CCOC(=O)c1ccc(Cn2c(N)nnc2SCc2ccccc2)cc1. The molecule has 26 heavy (non-hydrogen) atoms. The number of anilines is 1. The highest BCUT2D eigenvalue weighted by Gasteiger charge is 2.12. The van der Waals surface area contributed by atoms with Crippen LogP contribution in [0.2, 0.25) is 0 Å². The second-order valence-corrected chi connectivity index (χ2v) is 6.56. The van der Waals surface area contributed by atoms with Crippen LogP contribution >= 0.6 is 11.8 Å². The molecule has 0 aliphatic heterocycles. The van der Waals surface area contributed by atoms with Crippen LogP contribution in [0.25, 0.3) is 0 Å². The van der Waals surface area contributed by atoms with Gasteiger partial charge in [0.1, 0.15) is 0 Å². The molecule has 0 fully saturated rings. The Morgan fingerprint density at radius 2 is 1.81 bits per heavy atom. The van der Waals surface area contributed by atoms with E-state index in [2.05, 4.69) is 22.3 Å². The topological polar surface area (TPSA) is 83.0 Å². The maximum absolute atomic E-state index is 11.7. The van der Waals surface area contributed by atoms with Crippen molar-refractivity contribution >= 4 is 23.7 Å². The molecule has 0 atom stereocenters. The molecule has 2 aromatic carbocycles. The first-order valence-corrected chi connectivity index (χ1v) is 9.27. The first-order chi connectivity index (χ1) is 12.7. The molecule has 134 valence electrons. The number of carbonyl (C=O) groups excluding carboxylic acids is 1. The third-order valence-electron chi connectivity index (χ3n) is 3.76. The molecule has 0 aliphatic rings. The van der Waals surface area contributed by atoms with E-state index in [-0.39, 0.29) is 5.97 Å². The van der Waals surface area contributed by atoms with Crippen molar-refractivity contribution in [2.24, 2.45) is 0 Å². The summed E-state index contributed by atoms with van der Waals surface area (Å²) in [5.41, 5.74) is 8.73. The van der Waals surface area contributed by atoms with E-state index in [9.17, 15) is 4.79 Å². The first-order valence-electron chi connectivity index (χ1n) is 8.29. The van der Waals surface area contributed by atoms with E-state index in [4.69, 9.17) is 10.5 Å². The Hall–Kier alpha value is -2.80. The van der Waals surface area contributed by atoms with Gasteiger partial charge in [-0.1, -0.05) is 54.2 Å². The first kappa shape index (κ1) is 18.0. The number of rotatable bonds is 7. The summed E-state index contributed by atoms with van der Waals surface area (Å²) in [4.78, 5) is 11.7. The summed E-state index contributed by atoms with van der Waals surface area (Å²) in [5, 5.41) is 8.93. The molecule has 6 nitrogen and oxygen atoms in total. The summed E-state index contributed by atoms with van der Waals surface area (Å²) in [5.74, 6) is 0.845. The van der Waals surface area contributed by atoms with Crippen molar-refractivity contribution in [3.8, 4) is 0 Å². The lowest BCUT2D eigenvalue weighted by atomic mass is 10.1. The Kier molecular flexibility index (Phi) is 5.91. The summed E-state index contributed by atoms with van der Waals surface area (Å²) < 4.78 is 6.87. The number of ether oxygens (including phenoxy) is 1. The molecule has 0 saturated carbocycles. The minimum Gasteiger partial charge on any atom is -0.462 e. The van der Waals surface area contributed by atoms with Crippen molar-refractivity contribution in [2.45, 2.75) is 24.4 Å². The Morgan fingerprint density at radius 1 is 1.08 bits per heavy atom. The zero-order valence-electron chi connectivity index (χ0n) is 14.5. The number of nitrogens with two attached hydrogens (primary N) is 1. The fourth-order valence-corrected chi connectivity index (χ4v) is 3.32. The second-order valence-electron chi connectivity index (χ2n) is 5.62. The zero-order valence-corrected chi connectivity index (χ0v) is 15.3. The molecule has 3 rings (SSSR count). The van der Waals surface area contributed by atoms with Crippen LogP contribution in [0.15, 0.2) is 59.8 Å². The Bertz CT molecular complexity index is 863. The van der Waals surface area contributed by atoms with Crippen LogP contribution in [-0.4, -0.2) is 27.3 Å². The third-order valence-corrected chi connectivity index (χ3v) is 4.80. The number of aromatic nitrogens is 3. The molecule has 0 unspecified atom stereocenters. The summed E-state index contributed by atoms with van der Waals surface area (Å²) >= 11 is 1.59. The number of thioether (sulfide) groups is 1. The number of benzene rings is 2. The summed E-state index contributed by atoms with van der Waals surface area (Å²) in [6.45, 7) is 2.69. The quantitative estimate of drug-likeness (QED) is 0.508. The van der Waals surface area contributed by atoms with Gasteiger partial charge in [0.05, 0.1) is 18.7 Å². The maximum Gasteiger partial charge on any atom is 0.338 e.